The third-order valence-electron chi connectivity index (χ3n) is 5.66. The number of nitrogens with zero attached hydrogens (tertiary/aromatic N) is 3. The van der Waals surface area contributed by atoms with Crippen LogP contribution in [0.3, 0.4) is 0 Å². The number of anilines is 3. The summed E-state index contributed by atoms with van der Waals surface area (Å²) in [6, 6.07) is 18.6. The average Bonchev–Trinajstić information content (AvgIpc) is 2.81. The van der Waals surface area contributed by atoms with Crippen LogP contribution in [0.1, 0.15) is 50.6 Å². The van der Waals surface area contributed by atoms with Gasteiger partial charge in [0.25, 0.3) is 0 Å². The largest absolute Gasteiger partial charge is 0.384 e. The van der Waals surface area contributed by atoms with Crippen molar-refractivity contribution in [2.24, 2.45) is 0 Å². The summed E-state index contributed by atoms with van der Waals surface area (Å²) in [5, 5.41) is 17.9. The van der Waals surface area contributed by atoms with Crippen molar-refractivity contribution in [1.29, 1.82) is 0 Å². The van der Waals surface area contributed by atoms with Gasteiger partial charge in [-0.3, -0.25) is 4.98 Å². The Morgan fingerprint density at radius 3 is 2.30 bits per heavy atom. The highest BCUT2D eigenvalue weighted by atomic mass is 16.5. The van der Waals surface area contributed by atoms with Gasteiger partial charge in [-0.15, -0.1) is 10.2 Å². The smallest absolute Gasteiger partial charge is 0.160 e. The van der Waals surface area contributed by atoms with Crippen LogP contribution in [0.2, 0.25) is 0 Å². The second kappa shape index (κ2) is 9.55. The number of benzene rings is 2. The summed E-state index contributed by atoms with van der Waals surface area (Å²) >= 11 is 0. The van der Waals surface area contributed by atoms with Crippen LogP contribution in [0, 0.1) is 0 Å². The molecule has 2 aromatic heterocycles. The molecule has 0 aliphatic carbocycles. The SMILES string of the molecule is CCNc1cncc(C(OC)c2nnc(Nc3ccc(C(C)(C)C)cc3)c3ccccc23)c1. The summed E-state index contributed by atoms with van der Waals surface area (Å²) in [4.78, 5) is 4.37. The lowest BCUT2D eigenvalue weighted by Gasteiger charge is -2.20. The molecule has 0 spiro atoms. The van der Waals surface area contributed by atoms with Gasteiger partial charge in [-0.1, -0.05) is 57.2 Å². The minimum absolute atomic E-state index is 0.112. The lowest BCUT2D eigenvalue weighted by molar-refractivity contribution is 0.133. The van der Waals surface area contributed by atoms with Crippen LogP contribution < -0.4 is 10.6 Å². The minimum Gasteiger partial charge on any atom is -0.384 e. The summed E-state index contributed by atoms with van der Waals surface area (Å²) in [6.07, 6.45) is 3.24. The number of hydrogen-bond acceptors (Lipinski definition) is 6. The average molecular weight is 442 g/mol. The van der Waals surface area contributed by atoms with E-state index in [9.17, 15) is 0 Å². The van der Waals surface area contributed by atoms with Gasteiger partial charge in [0.1, 0.15) is 11.8 Å². The predicted octanol–water partition coefficient (Wildman–Crippen LogP) is 6.23. The van der Waals surface area contributed by atoms with E-state index in [1.165, 1.54) is 5.56 Å². The molecule has 2 heterocycles. The van der Waals surface area contributed by atoms with Gasteiger partial charge in [-0.2, -0.15) is 0 Å². The van der Waals surface area contributed by atoms with E-state index in [1.54, 1.807) is 7.11 Å². The van der Waals surface area contributed by atoms with E-state index in [2.05, 4.69) is 89.9 Å². The molecule has 0 aliphatic heterocycles. The lowest BCUT2D eigenvalue weighted by atomic mass is 9.87. The molecular weight excluding hydrogens is 410 g/mol. The number of rotatable bonds is 7. The number of ether oxygens (including phenoxy) is 1. The van der Waals surface area contributed by atoms with Gasteiger partial charge >= 0.3 is 0 Å². The maximum atomic E-state index is 5.88. The van der Waals surface area contributed by atoms with Gasteiger partial charge in [0.15, 0.2) is 5.82 Å². The zero-order chi connectivity index (χ0) is 23.4. The van der Waals surface area contributed by atoms with Crippen molar-refractivity contribution in [3.05, 3.63) is 83.8 Å². The number of hydrogen-bond donors (Lipinski definition) is 2. The molecule has 170 valence electrons. The monoisotopic (exact) mass is 441 g/mol. The second-order valence-electron chi connectivity index (χ2n) is 9.08. The van der Waals surface area contributed by atoms with Crippen molar-refractivity contribution in [2.45, 2.75) is 39.2 Å². The molecule has 0 aliphatic rings. The molecule has 1 unspecified atom stereocenters. The van der Waals surface area contributed by atoms with E-state index in [0.717, 1.165) is 39.9 Å². The molecule has 6 heteroatoms. The molecule has 2 N–H and O–H groups in total. The van der Waals surface area contributed by atoms with Crippen molar-refractivity contribution < 1.29 is 4.74 Å². The molecule has 0 amide bonds. The van der Waals surface area contributed by atoms with Crippen molar-refractivity contribution >= 4 is 28.0 Å². The van der Waals surface area contributed by atoms with Gasteiger partial charge in [-0.25, -0.2) is 0 Å². The number of nitrogens with one attached hydrogen (secondary N) is 2. The van der Waals surface area contributed by atoms with Gasteiger partial charge in [0.2, 0.25) is 0 Å². The Hall–Kier alpha value is -3.51. The molecule has 0 fully saturated rings. The van der Waals surface area contributed by atoms with Crippen LogP contribution in [0.15, 0.2) is 67.0 Å². The highest BCUT2D eigenvalue weighted by Gasteiger charge is 2.21. The number of aromatic nitrogens is 3. The molecule has 0 bridgehead atoms. The van der Waals surface area contributed by atoms with E-state index in [-0.39, 0.29) is 11.5 Å². The quantitative estimate of drug-likeness (QED) is 0.354. The van der Waals surface area contributed by atoms with E-state index >= 15 is 0 Å². The molecule has 6 nitrogen and oxygen atoms in total. The zero-order valence-electron chi connectivity index (χ0n) is 19.9. The van der Waals surface area contributed by atoms with Gasteiger partial charge in [0.05, 0.1) is 5.69 Å². The van der Waals surface area contributed by atoms with Crippen LogP contribution in [0.4, 0.5) is 17.2 Å². The van der Waals surface area contributed by atoms with Crippen molar-refractivity contribution in [3.8, 4) is 0 Å². The standard InChI is InChI=1S/C27H31N5O/c1-6-29-21-15-18(16-28-17-21)25(33-5)24-22-9-7-8-10-23(22)26(32-31-24)30-20-13-11-19(12-14-20)27(2,3)4/h7-17,25,29H,6H2,1-5H3,(H,30,32). The lowest BCUT2D eigenvalue weighted by Crippen LogP contribution is -2.11. The fraction of sp³-hybridized carbons (Fsp3) is 0.296. The highest BCUT2D eigenvalue weighted by Crippen LogP contribution is 2.33. The first-order valence-electron chi connectivity index (χ1n) is 11.2. The summed E-state index contributed by atoms with van der Waals surface area (Å²) in [6.45, 7) is 9.51. The van der Waals surface area contributed by atoms with Crippen LogP contribution >= 0.6 is 0 Å². The van der Waals surface area contributed by atoms with Crippen LogP contribution in [0.5, 0.6) is 0 Å². The Balaban J connectivity index is 1.71. The van der Waals surface area contributed by atoms with Crippen molar-refractivity contribution in [3.63, 3.8) is 0 Å². The summed E-state index contributed by atoms with van der Waals surface area (Å²) < 4.78 is 5.88. The molecule has 33 heavy (non-hydrogen) atoms. The molecule has 4 rings (SSSR count). The fourth-order valence-corrected chi connectivity index (χ4v) is 3.91. The van der Waals surface area contributed by atoms with E-state index in [0.29, 0.717) is 5.82 Å². The zero-order valence-corrected chi connectivity index (χ0v) is 19.9. The molecule has 4 aromatic rings. The Morgan fingerprint density at radius 1 is 0.909 bits per heavy atom. The Kier molecular flexibility index (Phi) is 6.56. The van der Waals surface area contributed by atoms with E-state index < -0.39 is 0 Å². The van der Waals surface area contributed by atoms with Crippen LogP contribution in [-0.2, 0) is 10.2 Å². The first-order valence-corrected chi connectivity index (χ1v) is 11.2. The van der Waals surface area contributed by atoms with Crippen molar-refractivity contribution in [2.75, 3.05) is 24.3 Å². The molecule has 2 aromatic carbocycles. The third kappa shape index (κ3) is 4.96. The number of fused-ring (bicyclic) bond motifs is 1. The summed E-state index contributed by atoms with van der Waals surface area (Å²) in [7, 11) is 1.68. The first-order chi connectivity index (χ1) is 15.9. The Bertz CT molecular complexity index is 1230. The number of methoxy groups -OCH3 is 1. The van der Waals surface area contributed by atoms with Gasteiger partial charge in [-0.05, 0) is 36.1 Å². The highest BCUT2D eigenvalue weighted by molar-refractivity contribution is 5.94. The topological polar surface area (TPSA) is 72.0 Å². The molecule has 0 radical (unpaired) electrons. The summed E-state index contributed by atoms with van der Waals surface area (Å²) in [5.74, 6) is 0.715. The van der Waals surface area contributed by atoms with Crippen LogP contribution in [-0.4, -0.2) is 28.8 Å². The van der Waals surface area contributed by atoms with E-state index in [4.69, 9.17) is 4.74 Å². The van der Waals surface area contributed by atoms with Crippen LogP contribution in [0.25, 0.3) is 10.8 Å². The molecule has 0 saturated carbocycles. The van der Waals surface area contributed by atoms with Gasteiger partial charge in [0, 0.05) is 48.1 Å². The fourth-order valence-electron chi connectivity index (χ4n) is 3.91. The second-order valence-corrected chi connectivity index (χ2v) is 9.08. The first kappa shape index (κ1) is 22.7. The molecule has 1 atom stereocenters. The summed E-state index contributed by atoms with van der Waals surface area (Å²) in [5.41, 5.74) is 5.01. The van der Waals surface area contributed by atoms with Gasteiger partial charge < -0.3 is 15.4 Å². The predicted molar refractivity (Wildman–Crippen MR) is 135 cm³/mol. The Labute approximate surface area is 195 Å². The van der Waals surface area contributed by atoms with Crippen molar-refractivity contribution in [1.82, 2.24) is 15.2 Å². The Morgan fingerprint density at radius 2 is 1.64 bits per heavy atom. The maximum absolute atomic E-state index is 5.88. The van der Waals surface area contributed by atoms with E-state index in [1.807, 2.05) is 30.6 Å². The molecule has 0 saturated heterocycles. The third-order valence-corrected chi connectivity index (χ3v) is 5.66. The number of pyridine rings is 1. The normalized spacial score (nSPS) is 12.5. The minimum atomic E-state index is -0.381. The molecular formula is C27H31N5O. The maximum Gasteiger partial charge on any atom is 0.160 e.